The molecule has 4 heteroatoms. The smallest absolute Gasteiger partial charge is 0.305 e. The number of aliphatic carboxylic acids is 1. The molecule has 0 saturated carbocycles. The lowest BCUT2D eigenvalue weighted by molar-refractivity contribution is -0.136. The molecule has 0 aromatic heterocycles. The summed E-state index contributed by atoms with van der Waals surface area (Å²) in [6.07, 6.45) is 0.0439. The second-order valence-corrected chi connectivity index (χ2v) is 5.46. The maximum absolute atomic E-state index is 13.3. The molecule has 0 radical (unpaired) electrons. The van der Waals surface area contributed by atoms with Crippen LogP contribution in [0.25, 0.3) is 0 Å². The van der Waals surface area contributed by atoms with Gasteiger partial charge in [-0.25, -0.2) is 4.39 Å². The predicted octanol–water partition coefficient (Wildman–Crippen LogP) is 3.92. The minimum absolute atomic E-state index is 0.0439. The molecule has 0 spiro atoms. The first-order valence-electron chi connectivity index (χ1n) is 7.24. The van der Waals surface area contributed by atoms with Crippen molar-refractivity contribution in [3.63, 3.8) is 0 Å². The lowest BCUT2D eigenvalue weighted by atomic mass is 10.1. The van der Waals surface area contributed by atoms with Crippen molar-refractivity contribution >= 4 is 11.7 Å². The van der Waals surface area contributed by atoms with Crippen molar-refractivity contribution in [2.24, 2.45) is 0 Å². The lowest BCUT2D eigenvalue weighted by Crippen LogP contribution is -2.25. The number of carbonyl (C=O) groups is 1. The molecular weight excluding hydrogens is 281 g/mol. The quantitative estimate of drug-likeness (QED) is 0.879. The van der Waals surface area contributed by atoms with E-state index in [9.17, 15) is 9.18 Å². The second-order valence-electron chi connectivity index (χ2n) is 5.46. The van der Waals surface area contributed by atoms with E-state index in [1.54, 1.807) is 6.07 Å². The minimum Gasteiger partial charge on any atom is -0.481 e. The van der Waals surface area contributed by atoms with Gasteiger partial charge in [0.15, 0.2) is 0 Å². The average molecular weight is 301 g/mol. The Morgan fingerprint density at radius 1 is 1.14 bits per heavy atom. The van der Waals surface area contributed by atoms with Gasteiger partial charge >= 0.3 is 5.97 Å². The van der Waals surface area contributed by atoms with E-state index in [2.05, 4.69) is 0 Å². The normalized spacial score (nSPS) is 10.5. The fourth-order valence-electron chi connectivity index (χ4n) is 2.31. The van der Waals surface area contributed by atoms with Crippen LogP contribution >= 0.6 is 0 Å². The van der Waals surface area contributed by atoms with Crippen molar-refractivity contribution in [1.29, 1.82) is 0 Å². The highest BCUT2D eigenvalue weighted by atomic mass is 19.1. The summed E-state index contributed by atoms with van der Waals surface area (Å²) >= 11 is 0. The molecule has 1 N–H and O–H groups in total. The molecule has 0 fully saturated rings. The Morgan fingerprint density at radius 2 is 1.91 bits per heavy atom. The molecule has 0 unspecified atom stereocenters. The van der Waals surface area contributed by atoms with Crippen molar-refractivity contribution in [2.75, 3.05) is 11.4 Å². The maximum atomic E-state index is 13.3. The van der Waals surface area contributed by atoms with Gasteiger partial charge in [0.1, 0.15) is 5.82 Å². The molecule has 3 nitrogen and oxygen atoms in total. The molecule has 0 heterocycles. The van der Waals surface area contributed by atoms with E-state index in [0.717, 1.165) is 16.8 Å². The number of hydrogen-bond donors (Lipinski definition) is 1. The summed E-state index contributed by atoms with van der Waals surface area (Å²) < 4.78 is 13.3. The van der Waals surface area contributed by atoms with Crippen molar-refractivity contribution in [3.8, 4) is 0 Å². The van der Waals surface area contributed by atoms with Crippen LogP contribution in [0, 0.1) is 19.7 Å². The molecule has 0 aliphatic rings. The first kappa shape index (κ1) is 16.0. The molecule has 2 aromatic carbocycles. The van der Waals surface area contributed by atoms with Gasteiger partial charge < -0.3 is 10.0 Å². The van der Waals surface area contributed by atoms with Crippen molar-refractivity contribution < 1.29 is 14.3 Å². The number of hydrogen-bond acceptors (Lipinski definition) is 2. The molecule has 0 bridgehead atoms. The number of halogens is 1. The number of benzene rings is 2. The molecule has 22 heavy (non-hydrogen) atoms. The Morgan fingerprint density at radius 3 is 2.55 bits per heavy atom. The van der Waals surface area contributed by atoms with Crippen LogP contribution in [-0.4, -0.2) is 17.6 Å². The zero-order valence-corrected chi connectivity index (χ0v) is 12.8. The SMILES string of the molecule is Cc1ccc(N(CCC(=O)O)Cc2cccc(F)c2)cc1C. The zero-order chi connectivity index (χ0) is 16.1. The third kappa shape index (κ3) is 4.32. The number of rotatable bonds is 6. The van der Waals surface area contributed by atoms with Crippen LogP contribution in [0.2, 0.25) is 0 Å². The molecule has 0 saturated heterocycles. The highest BCUT2D eigenvalue weighted by Crippen LogP contribution is 2.21. The second kappa shape index (κ2) is 7.07. The van der Waals surface area contributed by atoms with Crippen molar-refractivity contribution in [2.45, 2.75) is 26.8 Å². The third-order valence-electron chi connectivity index (χ3n) is 3.71. The van der Waals surface area contributed by atoms with E-state index in [0.29, 0.717) is 13.1 Å². The number of aryl methyl sites for hydroxylation is 2. The Hall–Kier alpha value is -2.36. The van der Waals surface area contributed by atoms with Gasteiger partial charge in [-0.15, -0.1) is 0 Å². The van der Waals surface area contributed by atoms with E-state index < -0.39 is 5.97 Å². The topological polar surface area (TPSA) is 40.5 Å². The van der Waals surface area contributed by atoms with Crippen molar-refractivity contribution in [3.05, 3.63) is 65.0 Å². The lowest BCUT2D eigenvalue weighted by Gasteiger charge is -2.25. The number of carboxylic acids is 1. The van der Waals surface area contributed by atoms with Gasteiger partial charge in [-0.1, -0.05) is 18.2 Å². The Balaban J connectivity index is 2.25. The van der Waals surface area contributed by atoms with Gasteiger partial charge in [0, 0.05) is 18.8 Å². The molecule has 0 amide bonds. The first-order valence-corrected chi connectivity index (χ1v) is 7.24. The standard InChI is InChI=1S/C18H20FNO2/c1-13-6-7-17(10-14(13)2)20(9-8-18(21)22)12-15-4-3-5-16(19)11-15/h3-7,10-11H,8-9,12H2,1-2H3,(H,21,22). The summed E-state index contributed by atoms with van der Waals surface area (Å²) in [5, 5.41) is 8.93. The molecule has 2 rings (SSSR count). The highest BCUT2D eigenvalue weighted by Gasteiger charge is 2.11. The van der Waals surface area contributed by atoms with Crippen LogP contribution in [0.3, 0.4) is 0 Å². The molecule has 0 atom stereocenters. The first-order chi connectivity index (χ1) is 10.5. The molecular formula is C18H20FNO2. The number of carboxylic acid groups (broad SMARTS) is 1. The van der Waals surface area contributed by atoms with Crippen LogP contribution in [0.4, 0.5) is 10.1 Å². The summed E-state index contributed by atoms with van der Waals surface area (Å²) in [6, 6.07) is 12.4. The fourth-order valence-corrected chi connectivity index (χ4v) is 2.31. The predicted molar refractivity (Wildman–Crippen MR) is 85.6 cm³/mol. The van der Waals surface area contributed by atoms with Gasteiger partial charge in [0.2, 0.25) is 0 Å². The molecule has 2 aromatic rings. The van der Waals surface area contributed by atoms with Gasteiger partial charge in [-0.05, 0) is 54.8 Å². The monoisotopic (exact) mass is 301 g/mol. The zero-order valence-electron chi connectivity index (χ0n) is 12.8. The number of anilines is 1. The molecule has 116 valence electrons. The van der Waals surface area contributed by atoms with Crippen LogP contribution in [0.15, 0.2) is 42.5 Å². The maximum Gasteiger partial charge on any atom is 0.305 e. The van der Waals surface area contributed by atoms with Gasteiger partial charge in [-0.3, -0.25) is 4.79 Å². The largest absolute Gasteiger partial charge is 0.481 e. The Labute approximate surface area is 130 Å². The molecule has 0 aliphatic carbocycles. The van der Waals surface area contributed by atoms with E-state index >= 15 is 0 Å². The van der Waals surface area contributed by atoms with E-state index in [1.807, 2.05) is 43.0 Å². The summed E-state index contributed by atoms with van der Waals surface area (Å²) in [6.45, 7) is 4.92. The van der Waals surface area contributed by atoms with Gasteiger partial charge in [0.05, 0.1) is 6.42 Å². The van der Waals surface area contributed by atoms with Crippen LogP contribution in [-0.2, 0) is 11.3 Å². The van der Waals surface area contributed by atoms with Crippen LogP contribution in [0.1, 0.15) is 23.1 Å². The highest BCUT2D eigenvalue weighted by molar-refractivity contribution is 5.67. The minimum atomic E-state index is -0.840. The van der Waals surface area contributed by atoms with Crippen LogP contribution in [0.5, 0.6) is 0 Å². The van der Waals surface area contributed by atoms with Crippen molar-refractivity contribution in [1.82, 2.24) is 0 Å². The van der Waals surface area contributed by atoms with E-state index in [-0.39, 0.29) is 12.2 Å². The van der Waals surface area contributed by atoms with Gasteiger partial charge in [-0.2, -0.15) is 0 Å². The number of nitrogens with zero attached hydrogens (tertiary/aromatic N) is 1. The Bertz CT molecular complexity index is 670. The summed E-state index contributed by atoms with van der Waals surface area (Å²) in [4.78, 5) is 12.8. The Kier molecular flexibility index (Phi) is 5.15. The summed E-state index contributed by atoms with van der Waals surface area (Å²) in [5.41, 5.74) is 4.11. The third-order valence-corrected chi connectivity index (χ3v) is 3.71. The van der Waals surface area contributed by atoms with E-state index in [4.69, 9.17) is 5.11 Å². The van der Waals surface area contributed by atoms with E-state index in [1.165, 1.54) is 17.7 Å². The fraction of sp³-hybridized carbons (Fsp3) is 0.278. The molecule has 0 aliphatic heterocycles. The average Bonchev–Trinajstić information content (AvgIpc) is 2.46. The summed E-state index contributed by atoms with van der Waals surface area (Å²) in [5.74, 6) is -1.12. The van der Waals surface area contributed by atoms with Crippen LogP contribution < -0.4 is 4.90 Å². The van der Waals surface area contributed by atoms with Gasteiger partial charge in [0.25, 0.3) is 0 Å². The summed E-state index contributed by atoms with van der Waals surface area (Å²) in [7, 11) is 0.